The standard InChI is InChI=1S/C12H8Cl2/c13-10-7-4-8-11(14)12(10)9-5-2-1-3-6-9/h1-8H/p+1. The van der Waals surface area contributed by atoms with Crippen LogP contribution in [0.25, 0.3) is 11.1 Å². The Kier molecular flexibility index (Phi) is 2.76. The minimum Gasteiger partial charge on any atom is -0.0836 e. The molecule has 0 saturated heterocycles. The average molecular weight is 224 g/mol. The van der Waals surface area contributed by atoms with Crippen molar-refractivity contribution in [1.82, 2.24) is 0 Å². The summed E-state index contributed by atoms with van der Waals surface area (Å²) in [4.78, 5) is 0. The van der Waals surface area contributed by atoms with Gasteiger partial charge in [-0.1, -0.05) is 59.6 Å². The predicted octanol–water partition coefficient (Wildman–Crippen LogP) is 4.77. The van der Waals surface area contributed by atoms with Crippen molar-refractivity contribution in [2.45, 2.75) is 0 Å². The molecular weight excluding hydrogens is 215 g/mol. The van der Waals surface area contributed by atoms with Gasteiger partial charge < -0.3 is 0 Å². The second kappa shape index (κ2) is 4.04. The van der Waals surface area contributed by atoms with Gasteiger partial charge in [0.1, 0.15) is 0 Å². The maximum Gasteiger partial charge on any atom is 1.00 e. The lowest BCUT2D eigenvalue weighted by molar-refractivity contribution is 1.62. The highest BCUT2D eigenvalue weighted by Gasteiger charge is 2.06. The van der Waals surface area contributed by atoms with E-state index in [2.05, 4.69) is 0 Å². The van der Waals surface area contributed by atoms with Crippen molar-refractivity contribution in [3.63, 3.8) is 0 Å². The predicted molar refractivity (Wildman–Crippen MR) is 63.0 cm³/mol. The number of hydrogen-bond acceptors (Lipinski definition) is 0. The molecule has 2 rings (SSSR count). The first kappa shape index (κ1) is 9.57. The van der Waals surface area contributed by atoms with E-state index < -0.39 is 0 Å². The Morgan fingerprint density at radius 1 is 0.714 bits per heavy atom. The maximum atomic E-state index is 6.08. The summed E-state index contributed by atoms with van der Waals surface area (Å²) in [6.07, 6.45) is 0. The zero-order chi connectivity index (χ0) is 9.97. The lowest BCUT2D eigenvalue weighted by atomic mass is 10.1. The quantitative estimate of drug-likeness (QED) is 0.654. The van der Waals surface area contributed by atoms with Gasteiger partial charge in [-0.05, 0) is 17.7 Å². The van der Waals surface area contributed by atoms with E-state index in [9.17, 15) is 0 Å². The van der Waals surface area contributed by atoms with Crippen LogP contribution in [0, 0.1) is 0 Å². The molecule has 2 aromatic carbocycles. The third kappa shape index (κ3) is 1.77. The van der Waals surface area contributed by atoms with Crippen molar-refractivity contribution in [3.8, 4) is 11.1 Å². The molecular formula is C12H9Cl2+. The fourth-order valence-corrected chi connectivity index (χ4v) is 1.99. The van der Waals surface area contributed by atoms with Gasteiger partial charge in [-0.2, -0.15) is 0 Å². The van der Waals surface area contributed by atoms with Crippen LogP contribution < -0.4 is 0 Å². The molecule has 0 fully saturated rings. The van der Waals surface area contributed by atoms with Crippen molar-refractivity contribution in [1.29, 1.82) is 0 Å². The molecule has 0 spiro atoms. The van der Waals surface area contributed by atoms with Crippen LogP contribution in [0.3, 0.4) is 0 Å². The van der Waals surface area contributed by atoms with E-state index >= 15 is 0 Å². The number of halogens is 2. The molecule has 0 bridgehead atoms. The van der Waals surface area contributed by atoms with Crippen molar-refractivity contribution < 1.29 is 1.43 Å². The summed E-state index contributed by atoms with van der Waals surface area (Å²) in [7, 11) is 0. The summed E-state index contributed by atoms with van der Waals surface area (Å²) in [5, 5.41) is 1.37. The second-order valence-electron chi connectivity index (χ2n) is 2.96. The smallest absolute Gasteiger partial charge is 0.0836 e. The summed E-state index contributed by atoms with van der Waals surface area (Å²) in [5.74, 6) is 0. The highest BCUT2D eigenvalue weighted by molar-refractivity contribution is 6.39. The van der Waals surface area contributed by atoms with E-state index in [1.165, 1.54) is 0 Å². The maximum absolute atomic E-state index is 6.08. The zero-order valence-corrected chi connectivity index (χ0v) is 8.89. The van der Waals surface area contributed by atoms with Gasteiger partial charge in [-0.25, -0.2) is 0 Å². The van der Waals surface area contributed by atoms with Crippen molar-refractivity contribution >= 4 is 23.2 Å². The summed E-state index contributed by atoms with van der Waals surface area (Å²) in [5.41, 5.74) is 1.94. The lowest BCUT2D eigenvalue weighted by Crippen LogP contribution is -1.80. The Balaban J connectivity index is 0.00000112. The van der Waals surface area contributed by atoms with E-state index in [4.69, 9.17) is 23.2 Å². The fraction of sp³-hybridized carbons (Fsp3) is 0. The molecule has 14 heavy (non-hydrogen) atoms. The summed E-state index contributed by atoms with van der Waals surface area (Å²) < 4.78 is 0. The lowest BCUT2D eigenvalue weighted by Gasteiger charge is -2.06. The zero-order valence-electron chi connectivity index (χ0n) is 8.37. The molecule has 0 atom stereocenters. The van der Waals surface area contributed by atoms with Crippen LogP contribution >= 0.6 is 23.2 Å². The second-order valence-corrected chi connectivity index (χ2v) is 3.78. The van der Waals surface area contributed by atoms with Gasteiger partial charge in [0.05, 0.1) is 0 Å². The molecule has 0 aliphatic rings. The molecule has 0 aliphatic carbocycles. The van der Waals surface area contributed by atoms with Crippen LogP contribution in [-0.4, -0.2) is 0 Å². The SMILES string of the molecule is Clc1cccc(Cl)c1-c1ccccc1.[H+]. The molecule has 0 unspecified atom stereocenters. The summed E-state index contributed by atoms with van der Waals surface area (Å²) in [6, 6.07) is 15.4. The monoisotopic (exact) mass is 223 g/mol. The molecule has 2 aromatic rings. The van der Waals surface area contributed by atoms with Crippen molar-refractivity contribution in [2.75, 3.05) is 0 Å². The minimum atomic E-state index is 0. The van der Waals surface area contributed by atoms with Crippen molar-refractivity contribution in [3.05, 3.63) is 58.6 Å². The van der Waals surface area contributed by atoms with Crippen LogP contribution in [0.15, 0.2) is 48.5 Å². The van der Waals surface area contributed by atoms with Crippen LogP contribution in [0.5, 0.6) is 0 Å². The van der Waals surface area contributed by atoms with Crippen LogP contribution in [0.4, 0.5) is 0 Å². The van der Waals surface area contributed by atoms with E-state index in [0.29, 0.717) is 10.0 Å². The van der Waals surface area contributed by atoms with Crippen LogP contribution in [0.2, 0.25) is 10.0 Å². The Morgan fingerprint density at radius 2 is 1.29 bits per heavy atom. The largest absolute Gasteiger partial charge is 1.00 e. The molecule has 0 heterocycles. The molecule has 0 nitrogen and oxygen atoms in total. The normalized spacial score (nSPS) is 10.1. The summed E-state index contributed by atoms with van der Waals surface area (Å²) >= 11 is 12.2. The van der Waals surface area contributed by atoms with E-state index in [1.54, 1.807) is 0 Å². The molecule has 0 aromatic heterocycles. The number of benzene rings is 2. The van der Waals surface area contributed by atoms with Gasteiger partial charge in [-0.3, -0.25) is 0 Å². The Hall–Kier alpha value is -0.980. The first-order chi connectivity index (χ1) is 6.79. The topological polar surface area (TPSA) is 0 Å². The highest BCUT2D eigenvalue weighted by Crippen LogP contribution is 2.33. The van der Waals surface area contributed by atoms with Gasteiger partial charge >= 0.3 is 1.43 Å². The molecule has 70 valence electrons. The van der Waals surface area contributed by atoms with Gasteiger partial charge in [0.2, 0.25) is 0 Å². The van der Waals surface area contributed by atoms with Gasteiger partial charge in [0.25, 0.3) is 0 Å². The molecule has 2 heteroatoms. The van der Waals surface area contributed by atoms with E-state index in [-0.39, 0.29) is 1.43 Å². The number of rotatable bonds is 1. The highest BCUT2D eigenvalue weighted by atomic mass is 35.5. The van der Waals surface area contributed by atoms with E-state index in [1.807, 2.05) is 48.5 Å². The summed E-state index contributed by atoms with van der Waals surface area (Å²) in [6.45, 7) is 0. The molecule has 0 aliphatic heterocycles. The third-order valence-corrected chi connectivity index (χ3v) is 2.66. The average Bonchev–Trinajstić information content (AvgIpc) is 2.19. The first-order valence-electron chi connectivity index (χ1n) is 4.28. The molecule has 0 N–H and O–H groups in total. The number of hydrogen-bond donors (Lipinski definition) is 0. The Labute approximate surface area is 94.6 Å². The molecule has 0 saturated carbocycles. The molecule has 0 amide bonds. The third-order valence-electron chi connectivity index (χ3n) is 2.03. The van der Waals surface area contributed by atoms with Gasteiger partial charge in [-0.15, -0.1) is 0 Å². The van der Waals surface area contributed by atoms with Crippen LogP contribution in [-0.2, 0) is 0 Å². The Bertz CT molecular complexity index is 420. The fourth-order valence-electron chi connectivity index (χ4n) is 1.38. The van der Waals surface area contributed by atoms with Gasteiger partial charge in [0, 0.05) is 15.6 Å². The van der Waals surface area contributed by atoms with E-state index in [0.717, 1.165) is 11.1 Å². The Morgan fingerprint density at radius 3 is 1.86 bits per heavy atom. The van der Waals surface area contributed by atoms with Crippen LogP contribution in [0.1, 0.15) is 1.43 Å². The first-order valence-corrected chi connectivity index (χ1v) is 5.04. The molecule has 0 radical (unpaired) electrons. The minimum absolute atomic E-state index is 0. The van der Waals surface area contributed by atoms with Gasteiger partial charge in [0.15, 0.2) is 0 Å². The van der Waals surface area contributed by atoms with Crippen molar-refractivity contribution in [2.24, 2.45) is 0 Å².